The summed E-state index contributed by atoms with van der Waals surface area (Å²) in [5, 5.41) is 0. The van der Waals surface area contributed by atoms with E-state index in [1.807, 2.05) is 0 Å². The summed E-state index contributed by atoms with van der Waals surface area (Å²) in [5.41, 5.74) is 5.44. The maximum atomic E-state index is 4.22. The van der Waals surface area contributed by atoms with E-state index in [-0.39, 0.29) is 5.41 Å². The highest BCUT2D eigenvalue weighted by Gasteiger charge is 2.07. The van der Waals surface area contributed by atoms with Crippen LogP contribution in [0.1, 0.15) is 71.4 Å². The van der Waals surface area contributed by atoms with E-state index in [2.05, 4.69) is 71.5 Å². The minimum atomic E-state index is 0.229. The molecule has 0 atom stereocenters. The molecule has 0 aliphatic rings. The summed E-state index contributed by atoms with van der Waals surface area (Å²) >= 11 is 0. The molecule has 0 fully saturated rings. The predicted octanol–water partition coefficient (Wildman–Crippen LogP) is 6.73. The fourth-order valence-electron chi connectivity index (χ4n) is 2.43. The van der Waals surface area contributed by atoms with Crippen molar-refractivity contribution in [3.8, 4) is 0 Å². The predicted molar refractivity (Wildman–Crippen MR) is 92.7 cm³/mol. The van der Waals surface area contributed by atoms with Gasteiger partial charge in [-0.05, 0) is 47.5 Å². The average Bonchev–Trinajstić information content (AvgIpc) is 2.37. The lowest BCUT2D eigenvalue weighted by atomic mass is 9.91. The van der Waals surface area contributed by atoms with Crippen LogP contribution in [0.5, 0.6) is 0 Å². The van der Waals surface area contributed by atoms with Gasteiger partial charge in [-0.1, -0.05) is 77.5 Å². The van der Waals surface area contributed by atoms with Gasteiger partial charge in [-0.3, -0.25) is 0 Å². The molecule has 0 aromatic heterocycles. The smallest absolute Gasteiger partial charge is 0.0197 e. The molecule has 0 bridgehead atoms. The third-order valence-corrected chi connectivity index (χ3v) is 3.48. The first-order valence-electron chi connectivity index (χ1n) is 7.81. The van der Waals surface area contributed by atoms with Gasteiger partial charge < -0.3 is 0 Å². The summed E-state index contributed by atoms with van der Waals surface area (Å²) in [6.07, 6.45) is 7.26. The van der Waals surface area contributed by atoms with Gasteiger partial charge in [-0.2, -0.15) is 0 Å². The molecule has 0 radical (unpaired) electrons. The minimum absolute atomic E-state index is 0.229. The molecule has 0 aliphatic heterocycles. The Balaban J connectivity index is 2.74. The molecule has 20 heavy (non-hydrogen) atoms. The van der Waals surface area contributed by atoms with Crippen LogP contribution in [-0.2, 0) is 0 Å². The van der Waals surface area contributed by atoms with Crippen molar-refractivity contribution in [1.29, 1.82) is 0 Å². The van der Waals surface area contributed by atoms with Crippen LogP contribution in [0.25, 0.3) is 11.1 Å². The summed E-state index contributed by atoms with van der Waals surface area (Å²) in [6.45, 7) is 15.4. The Bertz CT molecular complexity index is 452. The van der Waals surface area contributed by atoms with E-state index in [9.17, 15) is 0 Å². The van der Waals surface area contributed by atoms with Gasteiger partial charge in [0.15, 0.2) is 0 Å². The Kier molecular flexibility index (Phi) is 6.26. The number of benzene rings is 1. The van der Waals surface area contributed by atoms with Crippen LogP contribution in [-0.4, -0.2) is 0 Å². The summed E-state index contributed by atoms with van der Waals surface area (Å²) in [7, 11) is 0. The summed E-state index contributed by atoms with van der Waals surface area (Å²) < 4.78 is 0. The van der Waals surface area contributed by atoms with Crippen LogP contribution < -0.4 is 0 Å². The average molecular weight is 270 g/mol. The molecule has 0 aliphatic carbocycles. The molecular formula is C20H30. The van der Waals surface area contributed by atoms with Gasteiger partial charge in [-0.15, -0.1) is 0 Å². The van der Waals surface area contributed by atoms with Gasteiger partial charge in [0.05, 0.1) is 0 Å². The van der Waals surface area contributed by atoms with Crippen molar-refractivity contribution >= 4 is 11.1 Å². The van der Waals surface area contributed by atoms with E-state index in [0.717, 1.165) is 6.42 Å². The Hall–Kier alpha value is -1.30. The van der Waals surface area contributed by atoms with Crippen molar-refractivity contribution in [1.82, 2.24) is 0 Å². The Morgan fingerprint density at radius 3 is 2.10 bits per heavy atom. The van der Waals surface area contributed by atoms with Crippen molar-refractivity contribution in [2.75, 3.05) is 0 Å². The van der Waals surface area contributed by atoms with Crippen molar-refractivity contribution in [2.24, 2.45) is 5.41 Å². The van der Waals surface area contributed by atoms with Crippen molar-refractivity contribution in [3.05, 3.63) is 48.0 Å². The Morgan fingerprint density at radius 1 is 1.05 bits per heavy atom. The first-order chi connectivity index (χ1) is 9.33. The zero-order valence-corrected chi connectivity index (χ0v) is 13.9. The first kappa shape index (κ1) is 16.8. The van der Waals surface area contributed by atoms with Gasteiger partial charge in [0.1, 0.15) is 0 Å². The molecular weight excluding hydrogens is 240 g/mol. The molecule has 0 saturated carbocycles. The second-order valence-corrected chi connectivity index (χ2v) is 6.83. The maximum absolute atomic E-state index is 4.22. The molecule has 1 rings (SSSR count). The largest absolute Gasteiger partial charge is 0.0952 e. The van der Waals surface area contributed by atoms with Gasteiger partial charge in [0, 0.05) is 0 Å². The Morgan fingerprint density at radius 2 is 1.60 bits per heavy atom. The first-order valence-corrected chi connectivity index (χ1v) is 7.81. The molecule has 1 aromatic carbocycles. The number of allylic oxidation sites excluding steroid dienone is 3. The monoisotopic (exact) mass is 270 g/mol. The lowest BCUT2D eigenvalue weighted by Crippen LogP contribution is -2.00. The SMILES string of the molecule is C=C(CCCCC)c1ccc(/C(C)=C/C(C)(C)C)cc1. The van der Waals surface area contributed by atoms with Gasteiger partial charge in [0.25, 0.3) is 0 Å². The van der Waals surface area contributed by atoms with E-state index in [4.69, 9.17) is 0 Å². The van der Waals surface area contributed by atoms with Crippen LogP contribution in [0, 0.1) is 5.41 Å². The number of hydrogen-bond acceptors (Lipinski definition) is 0. The van der Waals surface area contributed by atoms with Gasteiger partial charge in [0.2, 0.25) is 0 Å². The van der Waals surface area contributed by atoms with Crippen molar-refractivity contribution in [3.63, 3.8) is 0 Å². The highest BCUT2D eigenvalue weighted by molar-refractivity contribution is 5.69. The quantitative estimate of drug-likeness (QED) is 0.503. The zero-order chi connectivity index (χ0) is 15.2. The lowest BCUT2D eigenvalue weighted by Gasteiger charge is -2.15. The van der Waals surface area contributed by atoms with E-state index >= 15 is 0 Å². The second-order valence-electron chi connectivity index (χ2n) is 6.83. The van der Waals surface area contributed by atoms with Crippen LogP contribution >= 0.6 is 0 Å². The Labute approximate surface area is 125 Å². The van der Waals surface area contributed by atoms with Crippen LogP contribution in [0.2, 0.25) is 0 Å². The second kappa shape index (κ2) is 7.47. The van der Waals surface area contributed by atoms with Crippen molar-refractivity contribution in [2.45, 2.75) is 60.3 Å². The molecule has 1 aromatic rings. The highest BCUT2D eigenvalue weighted by Crippen LogP contribution is 2.25. The lowest BCUT2D eigenvalue weighted by molar-refractivity contribution is 0.545. The topological polar surface area (TPSA) is 0 Å². The molecule has 0 heterocycles. The van der Waals surface area contributed by atoms with E-state index in [0.29, 0.717) is 0 Å². The minimum Gasteiger partial charge on any atom is -0.0952 e. The fraction of sp³-hybridized carbons (Fsp3) is 0.500. The van der Waals surface area contributed by atoms with Crippen molar-refractivity contribution < 1.29 is 0 Å². The highest BCUT2D eigenvalue weighted by atomic mass is 14.1. The standard InChI is InChI=1S/C20H30/c1-7-8-9-10-16(2)18-11-13-19(14-12-18)17(3)15-20(4,5)6/h11-15H,2,7-10H2,1,3-6H3/b17-15+. The molecule has 0 heteroatoms. The van der Waals surface area contributed by atoms with Crippen LogP contribution in [0.3, 0.4) is 0 Å². The van der Waals surface area contributed by atoms with Crippen LogP contribution in [0.15, 0.2) is 36.9 Å². The van der Waals surface area contributed by atoms with E-state index in [1.165, 1.54) is 41.5 Å². The van der Waals surface area contributed by atoms with E-state index < -0.39 is 0 Å². The zero-order valence-electron chi connectivity index (χ0n) is 13.9. The van der Waals surface area contributed by atoms with Gasteiger partial charge in [-0.25, -0.2) is 0 Å². The third-order valence-electron chi connectivity index (χ3n) is 3.48. The van der Waals surface area contributed by atoms with E-state index in [1.54, 1.807) is 0 Å². The maximum Gasteiger partial charge on any atom is -0.0197 e. The summed E-state index contributed by atoms with van der Waals surface area (Å²) in [4.78, 5) is 0. The number of rotatable bonds is 6. The molecule has 110 valence electrons. The molecule has 0 unspecified atom stereocenters. The third kappa shape index (κ3) is 5.77. The number of hydrogen-bond donors (Lipinski definition) is 0. The molecule has 0 N–H and O–H groups in total. The normalized spacial score (nSPS) is 12.6. The fourth-order valence-corrected chi connectivity index (χ4v) is 2.43. The molecule has 0 nitrogen and oxygen atoms in total. The van der Waals surface area contributed by atoms with Gasteiger partial charge >= 0.3 is 0 Å². The summed E-state index contributed by atoms with van der Waals surface area (Å²) in [5.74, 6) is 0. The molecule has 0 saturated heterocycles. The summed E-state index contributed by atoms with van der Waals surface area (Å²) in [6, 6.07) is 8.86. The molecule has 0 amide bonds. The number of unbranched alkanes of at least 4 members (excludes halogenated alkanes) is 2. The van der Waals surface area contributed by atoms with Crippen LogP contribution in [0.4, 0.5) is 0 Å². The molecule has 0 spiro atoms.